The van der Waals surface area contributed by atoms with Gasteiger partial charge >= 0.3 is 0 Å². The fourth-order valence-electron chi connectivity index (χ4n) is 3.75. The molecule has 1 saturated heterocycles. The van der Waals surface area contributed by atoms with Crippen LogP contribution in [0.2, 0.25) is 0 Å². The Kier molecular flexibility index (Phi) is 4.71. The minimum atomic E-state index is -0.0146. The fourth-order valence-corrected chi connectivity index (χ4v) is 3.75. The van der Waals surface area contributed by atoms with Crippen LogP contribution >= 0.6 is 0 Å². The highest BCUT2D eigenvalue weighted by Gasteiger charge is 2.31. The number of likely N-dealkylation sites (tertiary alicyclic amines) is 1. The van der Waals surface area contributed by atoms with Gasteiger partial charge in [0.15, 0.2) is 0 Å². The van der Waals surface area contributed by atoms with Gasteiger partial charge < -0.3 is 14.6 Å². The summed E-state index contributed by atoms with van der Waals surface area (Å²) >= 11 is 0. The average molecular weight is 349 g/mol. The molecule has 2 heterocycles. The van der Waals surface area contributed by atoms with Crippen molar-refractivity contribution in [2.75, 3.05) is 13.7 Å². The Labute approximate surface area is 153 Å². The minimum absolute atomic E-state index is 0.0146. The number of benzene rings is 2. The maximum atomic E-state index is 13.3. The van der Waals surface area contributed by atoms with Gasteiger partial charge in [0, 0.05) is 19.2 Å². The third-order valence-electron chi connectivity index (χ3n) is 5.03. The number of piperidine rings is 1. The fraction of sp³-hybridized carbons (Fsp3) is 0.333. The zero-order valence-electron chi connectivity index (χ0n) is 14.9. The summed E-state index contributed by atoms with van der Waals surface area (Å²) in [5.74, 6) is 0.936. The first-order valence-electron chi connectivity index (χ1n) is 9.10. The number of para-hydroxylation sites is 2. The second kappa shape index (κ2) is 7.30. The SMILES string of the molecule is COCc1ccccc1C(=O)N1CCCCC1c1nc2ccccc2[nH]1. The van der Waals surface area contributed by atoms with E-state index in [9.17, 15) is 4.79 Å². The van der Waals surface area contributed by atoms with Crippen LogP contribution in [0.25, 0.3) is 11.0 Å². The number of carbonyl (C=O) groups is 1. The van der Waals surface area contributed by atoms with Gasteiger partial charge in [0.05, 0.1) is 23.7 Å². The lowest BCUT2D eigenvalue weighted by Crippen LogP contribution is -2.39. The van der Waals surface area contributed by atoms with E-state index in [1.165, 1.54) is 0 Å². The van der Waals surface area contributed by atoms with Crippen molar-refractivity contribution in [1.82, 2.24) is 14.9 Å². The van der Waals surface area contributed by atoms with Crippen molar-refractivity contribution in [2.24, 2.45) is 0 Å². The molecule has 5 nitrogen and oxygen atoms in total. The lowest BCUT2D eigenvalue weighted by atomic mass is 9.98. The summed E-state index contributed by atoms with van der Waals surface area (Å²) in [7, 11) is 1.65. The number of H-pyrrole nitrogens is 1. The second-order valence-electron chi connectivity index (χ2n) is 6.74. The number of nitrogens with zero attached hydrogens (tertiary/aromatic N) is 2. The zero-order valence-corrected chi connectivity index (χ0v) is 14.9. The average Bonchev–Trinajstić information content (AvgIpc) is 3.12. The van der Waals surface area contributed by atoms with Crippen LogP contribution in [0.1, 0.15) is 47.1 Å². The molecule has 1 aromatic heterocycles. The van der Waals surface area contributed by atoms with Crippen molar-refractivity contribution >= 4 is 16.9 Å². The molecule has 2 aromatic carbocycles. The highest BCUT2D eigenvalue weighted by molar-refractivity contribution is 5.96. The first kappa shape index (κ1) is 16.8. The maximum absolute atomic E-state index is 13.3. The molecule has 0 radical (unpaired) electrons. The molecule has 1 aliphatic rings. The molecule has 26 heavy (non-hydrogen) atoms. The largest absolute Gasteiger partial charge is 0.380 e. The first-order chi connectivity index (χ1) is 12.8. The number of hydrogen-bond donors (Lipinski definition) is 1. The lowest BCUT2D eigenvalue weighted by molar-refractivity contribution is 0.0597. The molecule has 134 valence electrons. The van der Waals surface area contributed by atoms with E-state index in [0.717, 1.165) is 53.8 Å². The van der Waals surface area contributed by atoms with Crippen molar-refractivity contribution in [3.8, 4) is 0 Å². The summed E-state index contributed by atoms with van der Waals surface area (Å²) < 4.78 is 5.27. The summed E-state index contributed by atoms with van der Waals surface area (Å²) in [5, 5.41) is 0. The summed E-state index contributed by atoms with van der Waals surface area (Å²) in [6.45, 7) is 1.19. The number of amides is 1. The van der Waals surface area contributed by atoms with Crippen LogP contribution in [0.3, 0.4) is 0 Å². The number of rotatable bonds is 4. The summed E-state index contributed by atoms with van der Waals surface area (Å²) in [5.41, 5.74) is 3.60. The standard InChI is InChI=1S/C21H23N3O2/c1-26-14-15-8-2-3-9-16(15)21(25)24-13-7-6-12-19(24)20-22-17-10-4-5-11-18(17)23-20/h2-5,8-11,19H,6-7,12-14H2,1H3,(H,22,23). The Morgan fingerprint density at radius 3 is 2.85 bits per heavy atom. The van der Waals surface area contributed by atoms with E-state index >= 15 is 0 Å². The molecule has 1 amide bonds. The molecule has 4 rings (SSSR count). The summed E-state index contributed by atoms with van der Waals surface area (Å²) in [6, 6.07) is 15.7. The molecule has 1 N–H and O–H groups in total. The van der Waals surface area contributed by atoms with Gasteiger partial charge in [-0.2, -0.15) is 0 Å². The lowest BCUT2D eigenvalue weighted by Gasteiger charge is -2.35. The molecular weight excluding hydrogens is 326 g/mol. The number of methoxy groups -OCH3 is 1. The molecule has 1 aliphatic heterocycles. The Bertz CT molecular complexity index is 885. The van der Waals surface area contributed by atoms with Crippen LogP contribution in [0, 0.1) is 0 Å². The van der Waals surface area contributed by atoms with E-state index in [1.807, 2.05) is 53.4 Å². The predicted molar refractivity (Wildman–Crippen MR) is 101 cm³/mol. The van der Waals surface area contributed by atoms with Crippen molar-refractivity contribution in [2.45, 2.75) is 31.9 Å². The van der Waals surface area contributed by atoms with Gasteiger partial charge in [-0.15, -0.1) is 0 Å². The highest BCUT2D eigenvalue weighted by atomic mass is 16.5. The van der Waals surface area contributed by atoms with Crippen LogP contribution in [-0.4, -0.2) is 34.4 Å². The number of imidazole rings is 1. The van der Waals surface area contributed by atoms with Gasteiger partial charge in [0.2, 0.25) is 0 Å². The smallest absolute Gasteiger partial charge is 0.254 e. The number of aromatic nitrogens is 2. The Morgan fingerprint density at radius 2 is 2.00 bits per heavy atom. The van der Waals surface area contributed by atoms with Gasteiger partial charge in [-0.3, -0.25) is 4.79 Å². The Morgan fingerprint density at radius 1 is 1.19 bits per heavy atom. The molecule has 0 spiro atoms. The predicted octanol–water partition coefficient (Wildman–Crippen LogP) is 4.08. The number of aromatic amines is 1. The molecule has 5 heteroatoms. The van der Waals surface area contributed by atoms with E-state index in [2.05, 4.69) is 4.98 Å². The van der Waals surface area contributed by atoms with Gasteiger partial charge in [-0.1, -0.05) is 30.3 Å². The normalized spacial score (nSPS) is 17.6. The second-order valence-corrected chi connectivity index (χ2v) is 6.74. The van der Waals surface area contributed by atoms with Crippen molar-refractivity contribution in [3.05, 3.63) is 65.5 Å². The van der Waals surface area contributed by atoms with Crippen LogP contribution in [0.5, 0.6) is 0 Å². The number of ether oxygens (including phenoxy) is 1. The Hall–Kier alpha value is -2.66. The van der Waals surface area contributed by atoms with Crippen LogP contribution < -0.4 is 0 Å². The molecule has 1 atom stereocenters. The molecular formula is C21H23N3O2. The number of carbonyl (C=O) groups excluding carboxylic acids is 1. The topological polar surface area (TPSA) is 58.2 Å². The molecule has 1 fully saturated rings. The van der Waals surface area contributed by atoms with E-state index in [-0.39, 0.29) is 11.9 Å². The van der Waals surface area contributed by atoms with E-state index in [0.29, 0.717) is 6.61 Å². The van der Waals surface area contributed by atoms with E-state index in [4.69, 9.17) is 9.72 Å². The first-order valence-corrected chi connectivity index (χ1v) is 9.10. The molecule has 1 unspecified atom stereocenters. The number of nitrogens with one attached hydrogen (secondary N) is 1. The van der Waals surface area contributed by atoms with E-state index < -0.39 is 0 Å². The summed E-state index contributed by atoms with van der Waals surface area (Å²) in [6.07, 6.45) is 3.05. The van der Waals surface area contributed by atoms with Gasteiger partial charge in [-0.05, 0) is 43.0 Å². The minimum Gasteiger partial charge on any atom is -0.380 e. The molecule has 0 saturated carbocycles. The third-order valence-corrected chi connectivity index (χ3v) is 5.03. The third kappa shape index (κ3) is 3.10. The van der Waals surface area contributed by atoms with Crippen LogP contribution in [0.15, 0.2) is 48.5 Å². The summed E-state index contributed by atoms with van der Waals surface area (Å²) in [4.78, 5) is 23.4. The van der Waals surface area contributed by atoms with Crippen molar-refractivity contribution in [1.29, 1.82) is 0 Å². The molecule has 3 aromatic rings. The van der Waals surface area contributed by atoms with Gasteiger partial charge in [0.25, 0.3) is 5.91 Å². The van der Waals surface area contributed by atoms with Crippen LogP contribution in [0.4, 0.5) is 0 Å². The van der Waals surface area contributed by atoms with E-state index in [1.54, 1.807) is 7.11 Å². The number of hydrogen-bond acceptors (Lipinski definition) is 3. The molecule has 0 bridgehead atoms. The van der Waals surface area contributed by atoms with Crippen molar-refractivity contribution < 1.29 is 9.53 Å². The maximum Gasteiger partial charge on any atom is 0.254 e. The van der Waals surface area contributed by atoms with Crippen molar-refractivity contribution in [3.63, 3.8) is 0 Å². The monoisotopic (exact) mass is 349 g/mol. The highest BCUT2D eigenvalue weighted by Crippen LogP contribution is 2.32. The molecule has 0 aliphatic carbocycles. The Balaban J connectivity index is 1.68. The quantitative estimate of drug-likeness (QED) is 0.772. The zero-order chi connectivity index (χ0) is 17.9. The van der Waals surface area contributed by atoms with Gasteiger partial charge in [-0.25, -0.2) is 4.98 Å². The van der Waals surface area contributed by atoms with Crippen LogP contribution in [-0.2, 0) is 11.3 Å². The number of fused-ring (bicyclic) bond motifs is 1. The van der Waals surface area contributed by atoms with Gasteiger partial charge in [0.1, 0.15) is 5.82 Å².